The van der Waals surface area contributed by atoms with E-state index in [9.17, 15) is 13.2 Å². The first-order valence-corrected chi connectivity index (χ1v) is 6.68. The molecule has 1 fully saturated rings. The van der Waals surface area contributed by atoms with Gasteiger partial charge in [0.2, 0.25) is 0 Å². The number of guanidine groups is 1. The Morgan fingerprint density at radius 3 is 2.63 bits per heavy atom. The monoisotopic (exact) mass is 281 g/mol. The van der Waals surface area contributed by atoms with Crippen LogP contribution in [0.5, 0.6) is 0 Å². The molecule has 0 unspecified atom stereocenters. The lowest BCUT2D eigenvalue weighted by Crippen LogP contribution is -2.38. The summed E-state index contributed by atoms with van der Waals surface area (Å²) in [4.78, 5) is 4.41. The van der Waals surface area contributed by atoms with Gasteiger partial charge in [0.25, 0.3) is 0 Å². The van der Waals surface area contributed by atoms with E-state index in [4.69, 9.17) is 0 Å². The van der Waals surface area contributed by atoms with Gasteiger partial charge in [-0.15, -0.1) is 0 Å². The zero-order valence-electron chi connectivity index (χ0n) is 11.2. The quantitative estimate of drug-likeness (QED) is 0.406. The van der Waals surface area contributed by atoms with Crippen LogP contribution >= 0.6 is 0 Å². The topological polar surface area (TPSA) is 45.7 Å². The Morgan fingerprint density at radius 1 is 1.32 bits per heavy atom. The zero-order valence-corrected chi connectivity index (χ0v) is 11.2. The predicted octanol–water partition coefficient (Wildman–Crippen LogP) is 1.92. The lowest BCUT2D eigenvalue weighted by atomic mass is 10.4. The van der Waals surface area contributed by atoms with Crippen molar-refractivity contribution >= 4 is 5.96 Å². The Balaban J connectivity index is 2.05. The van der Waals surface area contributed by atoms with Crippen LogP contribution < -0.4 is 10.6 Å². The summed E-state index contributed by atoms with van der Waals surface area (Å²) < 4.78 is 39.9. The number of nitrogens with zero attached hydrogens (tertiary/aromatic N) is 1. The predicted molar refractivity (Wildman–Crippen MR) is 68.2 cm³/mol. The number of alkyl halides is 3. The minimum Gasteiger partial charge on any atom is -0.372 e. The summed E-state index contributed by atoms with van der Waals surface area (Å²) in [5.41, 5.74) is 0. The van der Waals surface area contributed by atoms with Gasteiger partial charge in [-0.25, -0.2) is 0 Å². The normalized spacial score (nSPS) is 16.5. The largest absolute Gasteiger partial charge is 0.411 e. The summed E-state index contributed by atoms with van der Waals surface area (Å²) in [7, 11) is 0. The number of halogens is 3. The molecular formula is C12H22F3N3O. The molecule has 2 N–H and O–H groups in total. The fourth-order valence-corrected chi connectivity index (χ4v) is 1.43. The summed E-state index contributed by atoms with van der Waals surface area (Å²) in [6.07, 6.45) is -1.24. The van der Waals surface area contributed by atoms with Crippen LogP contribution in [0, 0.1) is 5.92 Å². The number of ether oxygens (including phenoxy) is 1. The van der Waals surface area contributed by atoms with Gasteiger partial charge in [0.15, 0.2) is 5.96 Å². The second kappa shape index (κ2) is 8.24. The number of hydrogen-bond acceptors (Lipinski definition) is 2. The molecule has 0 aliphatic heterocycles. The molecule has 0 aromatic rings. The van der Waals surface area contributed by atoms with Crippen molar-refractivity contribution in [3.8, 4) is 0 Å². The lowest BCUT2D eigenvalue weighted by Gasteiger charge is -2.11. The molecule has 0 aromatic carbocycles. The van der Waals surface area contributed by atoms with E-state index in [-0.39, 0.29) is 6.61 Å². The van der Waals surface area contributed by atoms with Crippen molar-refractivity contribution in [2.24, 2.45) is 10.9 Å². The van der Waals surface area contributed by atoms with E-state index < -0.39 is 12.8 Å². The third kappa shape index (κ3) is 9.58. The summed E-state index contributed by atoms with van der Waals surface area (Å²) >= 11 is 0. The van der Waals surface area contributed by atoms with Crippen LogP contribution in [0.25, 0.3) is 0 Å². The number of aliphatic imine (C=N–C) groups is 1. The van der Waals surface area contributed by atoms with Gasteiger partial charge >= 0.3 is 6.18 Å². The van der Waals surface area contributed by atoms with E-state index >= 15 is 0 Å². The summed E-state index contributed by atoms with van der Waals surface area (Å²) in [6, 6.07) is 0. The highest BCUT2D eigenvalue weighted by atomic mass is 19.4. The first kappa shape index (κ1) is 16.1. The van der Waals surface area contributed by atoms with Gasteiger partial charge in [0.1, 0.15) is 6.61 Å². The third-order valence-electron chi connectivity index (χ3n) is 2.57. The fourth-order valence-electron chi connectivity index (χ4n) is 1.43. The smallest absolute Gasteiger partial charge is 0.372 e. The van der Waals surface area contributed by atoms with E-state index in [0.29, 0.717) is 18.9 Å². The van der Waals surface area contributed by atoms with Gasteiger partial charge < -0.3 is 15.4 Å². The summed E-state index contributed by atoms with van der Waals surface area (Å²) in [6.45, 7) is 3.02. The van der Waals surface area contributed by atoms with Crippen LogP contribution in [0.1, 0.15) is 26.2 Å². The van der Waals surface area contributed by atoms with E-state index in [1.165, 1.54) is 12.8 Å². The number of hydrogen-bond donors (Lipinski definition) is 2. The maximum atomic E-state index is 11.8. The van der Waals surface area contributed by atoms with Crippen molar-refractivity contribution in [3.63, 3.8) is 0 Å². The van der Waals surface area contributed by atoms with E-state index in [1.54, 1.807) is 0 Å². The first-order chi connectivity index (χ1) is 9.01. The van der Waals surface area contributed by atoms with E-state index in [0.717, 1.165) is 19.0 Å². The van der Waals surface area contributed by atoms with Gasteiger partial charge in [-0.1, -0.05) is 0 Å². The van der Waals surface area contributed by atoms with Crippen molar-refractivity contribution in [2.75, 3.05) is 32.8 Å². The molecule has 7 heteroatoms. The maximum Gasteiger partial charge on any atom is 0.411 e. The second-order valence-corrected chi connectivity index (χ2v) is 4.61. The van der Waals surface area contributed by atoms with Crippen LogP contribution in [0.3, 0.4) is 0 Å². The third-order valence-corrected chi connectivity index (χ3v) is 2.57. The van der Waals surface area contributed by atoms with Crippen molar-refractivity contribution in [1.82, 2.24) is 10.6 Å². The van der Waals surface area contributed by atoms with Crippen molar-refractivity contribution < 1.29 is 17.9 Å². The molecule has 1 saturated carbocycles. The Morgan fingerprint density at radius 2 is 2.05 bits per heavy atom. The summed E-state index contributed by atoms with van der Waals surface area (Å²) in [5.74, 6) is 1.44. The molecule has 0 saturated heterocycles. The minimum absolute atomic E-state index is 0.0918. The SMILES string of the molecule is CCNC(=NCC1CC1)NCCCOCC(F)(F)F. The van der Waals surface area contributed by atoms with Gasteiger partial charge in [0, 0.05) is 26.2 Å². The Kier molecular flexibility index (Phi) is 6.97. The molecule has 0 radical (unpaired) electrons. The molecule has 19 heavy (non-hydrogen) atoms. The second-order valence-electron chi connectivity index (χ2n) is 4.61. The molecule has 0 aromatic heterocycles. The van der Waals surface area contributed by atoms with Crippen molar-refractivity contribution in [2.45, 2.75) is 32.4 Å². The Bertz CT molecular complexity index is 278. The number of nitrogens with one attached hydrogen (secondary N) is 2. The fraction of sp³-hybridized carbons (Fsp3) is 0.917. The molecular weight excluding hydrogens is 259 g/mol. The molecule has 1 aliphatic rings. The van der Waals surface area contributed by atoms with Gasteiger partial charge in [0.05, 0.1) is 0 Å². The average Bonchev–Trinajstić information content (AvgIpc) is 3.12. The van der Waals surface area contributed by atoms with E-state index in [1.807, 2.05) is 6.92 Å². The molecule has 1 rings (SSSR count). The molecule has 1 aliphatic carbocycles. The van der Waals surface area contributed by atoms with Crippen LogP contribution in [0.15, 0.2) is 4.99 Å². The van der Waals surface area contributed by atoms with Crippen LogP contribution in [-0.2, 0) is 4.74 Å². The molecule has 0 atom stereocenters. The highest BCUT2D eigenvalue weighted by molar-refractivity contribution is 5.79. The first-order valence-electron chi connectivity index (χ1n) is 6.68. The zero-order chi connectivity index (χ0) is 14.1. The Labute approximate surface area is 111 Å². The van der Waals surface area contributed by atoms with Crippen LogP contribution in [0.4, 0.5) is 13.2 Å². The lowest BCUT2D eigenvalue weighted by molar-refractivity contribution is -0.173. The van der Waals surface area contributed by atoms with Gasteiger partial charge in [-0.3, -0.25) is 4.99 Å². The van der Waals surface area contributed by atoms with Crippen LogP contribution in [0.2, 0.25) is 0 Å². The van der Waals surface area contributed by atoms with Gasteiger partial charge in [-0.2, -0.15) is 13.2 Å². The minimum atomic E-state index is -4.24. The molecule has 0 bridgehead atoms. The average molecular weight is 281 g/mol. The molecule has 4 nitrogen and oxygen atoms in total. The Hall–Kier alpha value is -0.980. The molecule has 0 spiro atoms. The number of rotatable bonds is 8. The van der Waals surface area contributed by atoms with Crippen molar-refractivity contribution in [1.29, 1.82) is 0 Å². The highest BCUT2D eigenvalue weighted by Crippen LogP contribution is 2.28. The van der Waals surface area contributed by atoms with Crippen LogP contribution in [-0.4, -0.2) is 45.0 Å². The standard InChI is InChI=1S/C12H22F3N3O/c1-2-16-11(18-8-10-4-5-10)17-6-3-7-19-9-12(13,14)15/h10H,2-9H2,1H3,(H2,16,17,18). The molecule has 0 amide bonds. The molecule has 112 valence electrons. The molecule has 0 heterocycles. The maximum absolute atomic E-state index is 11.8. The summed E-state index contributed by atoms with van der Waals surface area (Å²) in [5, 5.41) is 6.18. The van der Waals surface area contributed by atoms with Crippen molar-refractivity contribution in [3.05, 3.63) is 0 Å². The highest BCUT2D eigenvalue weighted by Gasteiger charge is 2.27. The van der Waals surface area contributed by atoms with E-state index in [2.05, 4.69) is 20.4 Å². The van der Waals surface area contributed by atoms with Gasteiger partial charge in [-0.05, 0) is 32.1 Å².